The number of nitrogens with one attached hydrogen (secondary N) is 1. The molecule has 1 heterocycles. The Hall–Kier alpha value is -1.89. The van der Waals surface area contributed by atoms with Crippen LogP contribution in [0.25, 0.3) is 10.9 Å². The molecule has 6 heteroatoms. The highest BCUT2D eigenvalue weighted by Crippen LogP contribution is 2.29. The van der Waals surface area contributed by atoms with Gasteiger partial charge in [0, 0.05) is 43.7 Å². The lowest BCUT2D eigenvalue weighted by Crippen LogP contribution is -2.30. The fourth-order valence-corrected chi connectivity index (χ4v) is 2.57. The van der Waals surface area contributed by atoms with Gasteiger partial charge < -0.3 is 14.6 Å². The zero-order valence-corrected chi connectivity index (χ0v) is 15.0. The molecule has 0 saturated heterocycles. The van der Waals surface area contributed by atoms with E-state index in [9.17, 15) is 4.79 Å². The van der Waals surface area contributed by atoms with E-state index in [2.05, 4.69) is 16.8 Å². The summed E-state index contributed by atoms with van der Waals surface area (Å²) in [6, 6.07) is 5.69. The summed E-state index contributed by atoms with van der Waals surface area (Å²) in [4.78, 5) is 22.5. The first-order valence-corrected chi connectivity index (χ1v) is 8.31. The van der Waals surface area contributed by atoms with Gasteiger partial charge >= 0.3 is 5.97 Å². The minimum absolute atomic E-state index is 0.308. The Morgan fingerprint density at radius 1 is 1.25 bits per heavy atom. The fraction of sp³-hybridized carbons (Fsp3) is 0.500. The molecule has 6 nitrogen and oxygen atoms in total. The minimum atomic E-state index is -0.308. The molecule has 0 aliphatic rings. The van der Waals surface area contributed by atoms with Crippen LogP contribution in [-0.2, 0) is 16.1 Å². The highest BCUT2D eigenvalue weighted by atomic mass is 16.7. The van der Waals surface area contributed by atoms with Crippen molar-refractivity contribution in [3.63, 3.8) is 0 Å². The third kappa shape index (κ3) is 5.06. The molecule has 0 aliphatic heterocycles. The van der Waals surface area contributed by atoms with Crippen LogP contribution in [0.1, 0.15) is 19.4 Å². The Morgan fingerprint density at radius 2 is 2.04 bits per heavy atom. The first-order valence-electron chi connectivity index (χ1n) is 8.31. The number of rotatable bonds is 9. The van der Waals surface area contributed by atoms with E-state index in [0.717, 1.165) is 42.5 Å². The molecule has 0 radical (unpaired) electrons. The number of carbonyl (C=O) groups excluding carboxylic acids is 1. The van der Waals surface area contributed by atoms with E-state index in [1.165, 1.54) is 6.92 Å². The number of aromatic amines is 1. The largest absolute Gasteiger partial charge is 0.426 e. The summed E-state index contributed by atoms with van der Waals surface area (Å²) in [5, 5.41) is 2.94. The topological polar surface area (TPSA) is 57.8 Å². The third-order valence-electron chi connectivity index (χ3n) is 3.80. The van der Waals surface area contributed by atoms with Gasteiger partial charge in [-0.2, -0.15) is 5.06 Å². The Morgan fingerprint density at radius 3 is 2.71 bits per heavy atom. The van der Waals surface area contributed by atoms with Gasteiger partial charge in [0.05, 0.1) is 6.61 Å². The van der Waals surface area contributed by atoms with E-state index in [1.807, 2.05) is 43.6 Å². The number of benzene rings is 1. The number of carbonyl (C=O) groups is 1. The molecule has 0 bridgehead atoms. The second-order valence-electron chi connectivity index (χ2n) is 5.99. The second-order valence-corrected chi connectivity index (χ2v) is 5.99. The number of fused-ring (bicyclic) bond motifs is 1. The van der Waals surface area contributed by atoms with Crippen LogP contribution < -0.4 is 4.74 Å². The number of aromatic nitrogens is 1. The number of likely N-dealkylation sites (N-methyl/N-ethyl adjacent to an activating group) is 2. The standard InChI is InChI=1S/C18H27N3O3/c1-5-21(23-12-11-20(3)4)10-9-15-13-19-16-7-6-8-17(18(15)16)24-14(2)22/h6-8,13,19H,5,9-12H2,1-4H3. The summed E-state index contributed by atoms with van der Waals surface area (Å²) in [6.07, 6.45) is 2.79. The summed E-state index contributed by atoms with van der Waals surface area (Å²) >= 11 is 0. The lowest BCUT2D eigenvalue weighted by Gasteiger charge is -2.21. The van der Waals surface area contributed by atoms with E-state index in [-0.39, 0.29) is 5.97 Å². The molecule has 2 rings (SSSR count). The number of ether oxygens (including phenoxy) is 1. The van der Waals surface area contributed by atoms with Crippen LogP contribution in [0.4, 0.5) is 0 Å². The molecule has 0 amide bonds. The first kappa shape index (κ1) is 18.4. The Balaban J connectivity index is 2.05. The highest BCUT2D eigenvalue weighted by Gasteiger charge is 2.12. The van der Waals surface area contributed by atoms with E-state index in [4.69, 9.17) is 9.57 Å². The van der Waals surface area contributed by atoms with Crippen molar-refractivity contribution in [1.29, 1.82) is 0 Å². The monoisotopic (exact) mass is 333 g/mol. The van der Waals surface area contributed by atoms with Crippen molar-refractivity contribution in [1.82, 2.24) is 14.9 Å². The fourth-order valence-electron chi connectivity index (χ4n) is 2.57. The number of H-pyrrole nitrogens is 1. The number of hydrogen-bond donors (Lipinski definition) is 1. The lowest BCUT2D eigenvalue weighted by molar-refractivity contribution is -0.157. The van der Waals surface area contributed by atoms with Crippen molar-refractivity contribution in [3.8, 4) is 5.75 Å². The van der Waals surface area contributed by atoms with E-state index < -0.39 is 0 Å². The van der Waals surface area contributed by atoms with E-state index in [1.54, 1.807) is 0 Å². The first-order chi connectivity index (χ1) is 11.5. The van der Waals surface area contributed by atoms with Gasteiger partial charge in [-0.05, 0) is 38.2 Å². The molecule has 0 unspecified atom stereocenters. The normalized spacial score (nSPS) is 11.6. The smallest absolute Gasteiger partial charge is 0.308 e. The van der Waals surface area contributed by atoms with Gasteiger partial charge in [-0.3, -0.25) is 9.63 Å². The molecule has 132 valence electrons. The van der Waals surface area contributed by atoms with Gasteiger partial charge in [0.2, 0.25) is 0 Å². The minimum Gasteiger partial charge on any atom is -0.426 e. The summed E-state index contributed by atoms with van der Waals surface area (Å²) in [6.45, 7) is 6.67. The number of nitrogens with zero attached hydrogens (tertiary/aromatic N) is 2. The SMILES string of the molecule is CCN(CCc1c[nH]c2cccc(OC(C)=O)c12)OCCN(C)C. The van der Waals surface area contributed by atoms with Crippen LogP contribution in [-0.4, -0.2) is 61.3 Å². The molecule has 1 N–H and O–H groups in total. The highest BCUT2D eigenvalue weighted by molar-refractivity contribution is 5.91. The van der Waals surface area contributed by atoms with Crippen molar-refractivity contribution in [2.45, 2.75) is 20.3 Å². The maximum Gasteiger partial charge on any atom is 0.308 e. The zero-order valence-electron chi connectivity index (χ0n) is 15.0. The van der Waals surface area contributed by atoms with Gasteiger partial charge in [-0.15, -0.1) is 0 Å². The molecule has 24 heavy (non-hydrogen) atoms. The predicted octanol–water partition coefficient (Wildman–Crippen LogP) is 2.45. The summed E-state index contributed by atoms with van der Waals surface area (Å²) in [5.41, 5.74) is 2.09. The van der Waals surface area contributed by atoms with E-state index in [0.29, 0.717) is 12.4 Å². The zero-order chi connectivity index (χ0) is 17.5. The van der Waals surface area contributed by atoms with Crippen LogP contribution in [0.3, 0.4) is 0 Å². The Bertz CT molecular complexity index is 667. The Labute approximate surface area is 143 Å². The molecular weight excluding hydrogens is 306 g/mol. The Kier molecular flexibility index (Phi) is 6.78. The van der Waals surface area contributed by atoms with E-state index >= 15 is 0 Å². The van der Waals surface area contributed by atoms with Gasteiger partial charge in [0.15, 0.2) is 0 Å². The quantitative estimate of drug-likeness (QED) is 0.434. The number of esters is 1. The molecule has 0 saturated carbocycles. The van der Waals surface area contributed by atoms with Crippen LogP contribution in [0, 0.1) is 0 Å². The third-order valence-corrected chi connectivity index (χ3v) is 3.80. The van der Waals surface area contributed by atoms with Crippen molar-refractivity contribution < 1.29 is 14.4 Å². The molecule has 0 fully saturated rings. The molecule has 2 aromatic rings. The lowest BCUT2D eigenvalue weighted by atomic mass is 10.1. The second kappa shape index (κ2) is 8.82. The van der Waals surface area contributed by atoms with Crippen molar-refractivity contribution in [2.75, 3.05) is 40.3 Å². The average Bonchev–Trinajstić information content (AvgIpc) is 2.94. The summed E-state index contributed by atoms with van der Waals surface area (Å²) in [5.74, 6) is 0.296. The molecular formula is C18H27N3O3. The maximum absolute atomic E-state index is 11.3. The van der Waals surface area contributed by atoms with Crippen molar-refractivity contribution >= 4 is 16.9 Å². The maximum atomic E-state index is 11.3. The number of hydrogen-bond acceptors (Lipinski definition) is 5. The van der Waals surface area contributed by atoms with Gasteiger partial charge in [-0.1, -0.05) is 13.0 Å². The van der Waals surface area contributed by atoms with Crippen LogP contribution in [0.2, 0.25) is 0 Å². The summed E-state index contributed by atoms with van der Waals surface area (Å²) < 4.78 is 5.34. The average molecular weight is 333 g/mol. The van der Waals surface area contributed by atoms with Crippen LogP contribution in [0.15, 0.2) is 24.4 Å². The predicted molar refractivity (Wildman–Crippen MR) is 95.1 cm³/mol. The molecule has 1 aromatic heterocycles. The molecule has 1 aromatic carbocycles. The molecule has 0 aliphatic carbocycles. The number of hydroxylamine groups is 2. The van der Waals surface area contributed by atoms with Crippen LogP contribution >= 0.6 is 0 Å². The van der Waals surface area contributed by atoms with Crippen LogP contribution in [0.5, 0.6) is 5.75 Å². The molecule has 0 spiro atoms. The summed E-state index contributed by atoms with van der Waals surface area (Å²) in [7, 11) is 4.06. The van der Waals surface area contributed by atoms with Crippen molar-refractivity contribution in [2.24, 2.45) is 0 Å². The van der Waals surface area contributed by atoms with Gasteiger partial charge in [0.1, 0.15) is 5.75 Å². The molecule has 0 atom stereocenters. The van der Waals surface area contributed by atoms with Crippen molar-refractivity contribution in [3.05, 3.63) is 30.0 Å². The van der Waals surface area contributed by atoms with Gasteiger partial charge in [0.25, 0.3) is 0 Å². The van der Waals surface area contributed by atoms with Gasteiger partial charge in [-0.25, -0.2) is 0 Å².